The fraction of sp³-hybridized carbons (Fsp3) is 0.340. The molecule has 1 aliphatic rings. The predicted octanol–water partition coefficient (Wildman–Crippen LogP) is 7.69. The quantitative estimate of drug-likeness (QED) is 0.0422. The van der Waals surface area contributed by atoms with Crippen molar-refractivity contribution in [2.24, 2.45) is 16.8 Å². The lowest BCUT2D eigenvalue weighted by molar-refractivity contribution is -0.125. The summed E-state index contributed by atoms with van der Waals surface area (Å²) in [5.41, 5.74) is 9.06. The molecule has 4 aromatic carbocycles. The third-order valence-corrected chi connectivity index (χ3v) is 10.7. The molecule has 2 unspecified atom stereocenters. The Morgan fingerprint density at radius 2 is 1.59 bits per heavy atom. The zero-order chi connectivity index (χ0) is 46.7. The number of amides is 4. The number of ether oxygens (including phenoxy) is 1. The number of phenols is 2. The smallest absolute Gasteiger partial charge is 0.255 e. The number of fused-ring (bicyclic) bond motifs is 1. The van der Waals surface area contributed by atoms with Gasteiger partial charge >= 0.3 is 0 Å². The lowest BCUT2D eigenvalue weighted by Crippen LogP contribution is -2.46. The van der Waals surface area contributed by atoms with Gasteiger partial charge in [-0.2, -0.15) is 4.91 Å². The van der Waals surface area contributed by atoms with Crippen molar-refractivity contribution < 1.29 is 38.9 Å². The van der Waals surface area contributed by atoms with Crippen molar-refractivity contribution in [3.05, 3.63) is 112 Å². The van der Waals surface area contributed by atoms with E-state index in [0.717, 1.165) is 12.7 Å². The zero-order valence-electron chi connectivity index (χ0n) is 36.7. The van der Waals surface area contributed by atoms with Crippen molar-refractivity contribution in [3.8, 4) is 40.1 Å². The van der Waals surface area contributed by atoms with Crippen LogP contribution in [-0.4, -0.2) is 72.9 Å². The average molecular weight is 875 g/mol. The molecular formula is C47H54N8O9. The highest BCUT2D eigenvalue weighted by molar-refractivity contribution is 6.04. The van der Waals surface area contributed by atoms with Crippen molar-refractivity contribution in [3.63, 3.8) is 0 Å². The number of carbonyl (C=O) groups excluding carboxylic acids is 5. The van der Waals surface area contributed by atoms with E-state index in [4.69, 9.17) is 10.5 Å². The molecule has 6 rings (SSSR count). The molecule has 0 fully saturated rings. The minimum atomic E-state index is -0.759. The monoisotopic (exact) mass is 874 g/mol. The van der Waals surface area contributed by atoms with Crippen LogP contribution in [0.4, 0.5) is 5.69 Å². The molecule has 0 radical (unpaired) electrons. The number of nitroso groups, excluding NO2 is 1. The number of carbonyl (C=O) groups is 5. The summed E-state index contributed by atoms with van der Waals surface area (Å²) in [6, 6.07) is 20.1. The van der Waals surface area contributed by atoms with Gasteiger partial charge in [-0.25, -0.2) is 0 Å². The molecule has 64 heavy (non-hydrogen) atoms. The number of hydrogen-bond donors (Lipinski definition) is 5. The number of nitrogens with zero attached hydrogens (tertiary/aromatic N) is 5. The Balaban J connectivity index is 0.000000254. The van der Waals surface area contributed by atoms with E-state index in [2.05, 4.69) is 39.9 Å². The van der Waals surface area contributed by atoms with Gasteiger partial charge in [0.2, 0.25) is 17.7 Å². The van der Waals surface area contributed by atoms with E-state index in [1.165, 1.54) is 18.0 Å². The van der Waals surface area contributed by atoms with Crippen molar-refractivity contribution >= 4 is 35.6 Å². The number of aldehydes is 1. The Morgan fingerprint density at radius 1 is 0.922 bits per heavy atom. The largest absolute Gasteiger partial charge is 0.508 e. The first-order chi connectivity index (χ1) is 30.6. The van der Waals surface area contributed by atoms with Crippen molar-refractivity contribution in [2.75, 3.05) is 12.4 Å². The molecule has 1 aromatic heterocycles. The van der Waals surface area contributed by atoms with E-state index in [0.29, 0.717) is 81.1 Å². The van der Waals surface area contributed by atoms with Gasteiger partial charge < -0.3 is 41.0 Å². The van der Waals surface area contributed by atoms with Crippen LogP contribution in [0.1, 0.15) is 116 Å². The molecule has 5 aromatic rings. The molecule has 0 spiro atoms. The second-order valence-electron chi connectivity index (χ2n) is 15.9. The van der Waals surface area contributed by atoms with E-state index < -0.39 is 18.0 Å². The Labute approximate surface area is 371 Å². The molecule has 0 bridgehead atoms. The van der Waals surface area contributed by atoms with Gasteiger partial charge in [0.05, 0.1) is 5.56 Å². The molecule has 17 heteroatoms. The number of likely N-dealkylation sites (N-methyl/N-ethyl adjacent to an activating group) is 1. The highest BCUT2D eigenvalue weighted by atomic mass is 16.5. The van der Waals surface area contributed by atoms with Crippen molar-refractivity contribution in [1.29, 1.82) is 0 Å². The zero-order valence-corrected chi connectivity index (χ0v) is 36.7. The molecule has 2 heterocycles. The Hall–Kier alpha value is -7.43. The third-order valence-electron chi connectivity index (χ3n) is 10.7. The van der Waals surface area contributed by atoms with E-state index in [1.54, 1.807) is 77.4 Å². The number of rotatable bonds is 18. The summed E-state index contributed by atoms with van der Waals surface area (Å²) in [7, 11) is 1.50. The van der Waals surface area contributed by atoms with Crippen LogP contribution in [0.25, 0.3) is 17.1 Å². The number of aromatic hydroxyl groups is 2. The average Bonchev–Trinajstić information content (AvgIpc) is 3.85. The van der Waals surface area contributed by atoms with E-state index in [9.17, 15) is 39.1 Å². The lowest BCUT2D eigenvalue weighted by atomic mass is 9.98. The fourth-order valence-electron chi connectivity index (χ4n) is 7.14. The highest BCUT2D eigenvalue weighted by Gasteiger charge is 2.37. The summed E-state index contributed by atoms with van der Waals surface area (Å²) < 4.78 is 7.53. The van der Waals surface area contributed by atoms with Crippen molar-refractivity contribution in [1.82, 2.24) is 25.0 Å². The van der Waals surface area contributed by atoms with Gasteiger partial charge in [-0.15, -0.1) is 10.2 Å². The number of benzene rings is 4. The van der Waals surface area contributed by atoms with Crippen LogP contribution in [0.2, 0.25) is 0 Å². The Morgan fingerprint density at radius 3 is 2.17 bits per heavy atom. The summed E-state index contributed by atoms with van der Waals surface area (Å²) in [6.45, 7) is 10.0. The maximum absolute atomic E-state index is 12.8. The first kappa shape index (κ1) is 47.6. The molecule has 0 saturated carbocycles. The molecular weight excluding hydrogens is 821 g/mol. The molecule has 1 aliphatic heterocycles. The molecule has 6 N–H and O–H groups in total. The molecule has 4 amide bonds. The number of nitrogens with two attached hydrogens (primary N) is 1. The summed E-state index contributed by atoms with van der Waals surface area (Å²) in [5, 5.41) is 38.1. The van der Waals surface area contributed by atoms with Gasteiger partial charge in [0.1, 0.15) is 35.3 Å². The van der Waals surface area contributed by atoms with Gasteiger partial charge in [0.25, 0.3) is 5.91 Å². The summed E-state index contributed by atoms with van der Waals surface area (Å²) >= 11 is 0. The van der Waals surface area contributed by atoms with Gasteiger partial charge in [-0.3, -0.25) is 23.7 Å². The SMILES string of the molecule is CCC(N=O)c1nnc(-c2cc(C(C)C)c(O)cc2O)n1-c1ccc(Oc2ccc(C(N)=O)cc2)cc1.CNC(=O)C(CCC=O)N1Cc2c(NC(=O)CCC(C)C)cccc2C1=O. The van der Waals surface area contributed by atoms with E-state index in [-0.39, 0.29) is 54.5 Å². The maximum atomic E-state index is 12.8. The molecule has 0 saturated heterocycles. The summed E-state index contributed by atoms with van der Waals surface area (Å²) in [5.74, 6) is 0.722. The number of nitrogens with one attached hydrogen (secondary N) is 2. The van der Waals surface area contributed by atoms with Crippen LogP contribution in [0.15, 0.2) is 84.0 Å². The first-order valence-corrected chi connectivity index (χ1v) is 21.0. The fourth-order valence-corrected chi connectivity index (χ4v) is 7.14. The van der Waals surface area contributed by atoms with Crippen LogP contribution in [0.3, 0.4) is 0 Å². The summed E-state index contributed by atoms with van der Waals surface area (Å²) in [6.07, 6.45) is 2.80. The second-order valence-corrected chi connectivity index (χ2v) is 15.9. The Bertz CT molecular complexity index is 2480. The number of phenolic OH excluding ortho intramolecular Hbond substituents is 2. The van der Waals surface area contributed by atoms with Gasteiger partial charge in [-0.05, 0) is 103 Å². The van der Waals surface area contributed by atoms with E-state index >= 15 is 0 Å². The van der Waals surface area contributed by atoms with Crippen LogP contribution in [-0.2, 0) is 20.9 Å². The Kier molecular flexibility index (Phi) is 16.1. The number of primary amides is 1. The first-order valence-electron chi connectivity index (χ1n) is 21.0. The van der Waals surface area contributed by atoms with E-state index in [1.807, 2.05) is 20.8 Å². The lowest BCUT2D eigenvalue weighted by Gasteiger charge is -2.25. The molecule has 336 valence electrons. The van der Waals surface area contributed by atoms with Crippen molar-refractivity contribution in [2.45, 2.75) is 91.3 Å². The van der Waals surface area contributed by atoms with Gasteiger partial charge in [0, 0.05) is 60.6 Å². The topological polar surface area (TPSA) is 248 Å². The number of anilines is 1. The minimum absolute atomic E-state index is 0.0105. The predicted molar refractivity (Wildman–Crippen MR) is 240 cm³/mol. The normalized spacial score (nSPS) is 12.8. The second kappa shape index (κ2) is 21.6. The van der Waals surface area contributed by atoms with Gasteiger partial charge in [-0.1, -0.05) is 45.9 Å². The minimum Gasteiger partial charge on any atom is -0.508 e. The van der Waals surface area contributed by atoms with Crippen LogP contribution in [0, 0.1) is 10.8 Å². The molecule has 17 nitrogen and oxygen atoms in total. The van der Waals surface area contributed by atoms with Crippen LogP contribution in [0.5, 0.6) is 23.0 Å². The number of hydrogen-bond acceptors (Lipinski definition) is 12. The summed E-state index contributed by atoms with van der Waals surface area (Å²) in [4.78, 5) is 72.3. The highest BCUT2D eigenvalue weighted by Crippen LogP contribution is 2.39. The van der Waals surface area contributed by atoms with Crippen LogP contribution >= 0.6 is 0 Å². The molecule has 2 atom stereocenters. The number of aromatic nitrogens is 3. The van der Waals surface area contributed by atoms with Crippen LogP contribution < -0.4 is 21.1 Å². The standard InChI is InChI=1S/C27H27N5O5.C20H27N3O4/c1-4-22(31-36)27-30-29-26(21-13-20(15(2)3)23(33)14-24(21)34)32(27)17-7-11-19(12-8-17)37-18-9-5-16(6-10-18)25(28)35;1-13(2)9-10-18(25)22-16-7-4-6-14-15(16)12-23(20(14)27)17(8-5-11-24)19(26)21-3/h5-15,22,33-34H,4H2,1-3H3,(H2,28,35);4,6-7,11,13,17H,5,8-10,12H2,1-3H3,(H,21,26)(H,22,25). The third kappa shape index (κ3) is 11.1. The maximum Gasteiger partial charge on any atom is 0.255 e. The molecule has 0 aliphatic carbocycles. The van der Waals surface area contributed by atoms with Gasteiger partial charge in [0.15, 0.2) is 17.7 Å².